The second-order valence-corrected chi connectivity index (χ2v) is 12.8. The van der Waals surface area contributed by atoms with Crippen molar-refractivity contribution in [1.29, 1.82) is 0 Å². The summed E-state index contributed by atoms with van der Waals surface area (Å²) in [7, 11) is 1.85. The molecule has 7 rings (SSSR count). The van der Waals surface area contributed by atoms with Crippen LogP contribution in [0.3, 0.4) is 0 Å². The molecule has 1 amide bonds. The summed E-state index contributed by atoms with van der Waals surface area (Å²) in [5.41, 5.74) is 12.7. The highest BCUT2D eigenvalue weighted by molar-refractivity contribution is 5.99. The number of rotatable bonds is 10. The SMILES string of the molecule is Cn1cc(-c2cnc(N)c(C(=O)N[C@H]3CCC[C@@H]3OCc3ccc(-c4ccc5c(cnn5C5CCN(CCO)CC5)c4)cc3)c2)cn1. The number of nitrogens with one attached hydrogen (secondary N) is 1. The van der Waals surface area contributed by atoms with Crippen molar-refractivity contribution in [3.63, 3.8) is 0 Å². The van der Waals surface area contributed by atoms with Crippen molar-refractivity contribution in [2.75, 3.05) is 32.0 Å². The lowest BCUT2D eigenvalue weighted by atomic mass is 10.0. The second-order valence-electron chi connectivity index (χ2n) is 12.8. The number of aliphatic hydroxyl groups excluding tert-OH is 1. The van der Waals surface area contributed by atoms with Gasteiger partial charge in [-0.2, -0.15) is 10.2 Å². The first-order valence-electron chi connectivity index (χ1n) is 16.5. The van der Waals surface area contributed by atoms with Gasteiger partial charge >= 0.3 is 0 Å². The van der Waals surface area contributed by atoms with Gasteiger partial charge in [-0.15, -0.1) is 0 Å². The predicted octanol–water partition coefficient (Wildman–Crippen LogP) is 4.58. The van der Waals surface area contributed by atoms with E-state index in [0.29, 0.717) is 18.2 Å². The molecular formula is C36H42N8O3. The number of benzene rings is 2. The summed E-state index contributed by atoms with van der Waals surface area (Å²) in [6, 6.07) is 17.1. The van der Waals surface area contributed by atoms with Gasteiger partial charge in [-0.05, 0) is 67.0 Å². The van der Waals surface area contributed by atoms with Crippen LogP contribution in [-0.4, -0.2) is 78.8 Å². The summed E-state index contributed by atoms with van der Waals surface area (Å²) < 4.78 is 10.2. The van der Waals surface area contributed by atoms with Crippen molar-refractivity contribution < 1.29 is 14.6 Å². The normalized spacial score (nSPS) is 19.0. The zero-order valence-corrected chi connectivity index (χ0v) is 26.8. The van der Waals surface area contributed by atoms with Crippen molar-refractivity contribution in [2.24, 2.45) is 7.05 Å². The standard InChI is InChI=1S/C36H42N8O3/c1-42-22-29(21-39-42)27-18-31(35(37)38-19-27)36(46)41-32-3-2-4-34(32)47-23-24-5-7-25(8-6-24)26-9-10-33-28(17-26)20-40-44(33)30-11-13-43(14-12-30)15-16-45/h5-10,17-22,30,32,34,45H,2-4,11-16,23H2,1H3,(H2,37,38)(H,41,46)/t32-,34-/m0/s1. The molecule has 0 unspecified atom stereocenters. The number of nitrogen functional groups attached to an aromatic ring is 1. The molecule has 47 heavy (non-hydrogen) atoms. The number of aliphatic hydroxyl groups is 1. The Balaban J connectivity index is 0.956. The molecule has 11 heteroatoms. The number of amides is 1. The van der Waals surface area contributed by atoms with Crippen LogP contribution in [0.15, 0.2) is 73.3 Å². The zero-order valence-electron chi connectivity index (χ0n) is 26.8. The van der Waals surface area contributed by atoms with Crippen molar-refractivity contribution in [3.8, 4) is 22.3 Å². The molecule has 3 aromatic heterocycles. The van der Waals surface area contributed by atoms with Crippen molar-refractivity contribution in [3.05, 3.63) is 84.4 Å². The van der Waals surface area contributed by atoms with Gasteiger partial charge in [0.25, 0.3) is 5.91 Å². The van der Waals surface area contributed by atoms with E-state index in [0.717, 1.165) is 90.5 Å². The summed E-state index contributed by atoms with van der Waals surface area (Å²) in [6.45, 7) is 3.42. The quantitative estimate of drug-likeness (QED) is 0.203. The fourth-order valence-corrected chi connectivity index (χ4v) is 6.97. The third-order valence-corrected chi connectivity index (χ3v) is 9.64. The average Bonchev–Trinajstić information content (AvgIpc) is 3.84. The molecule has 0 spiro atoms. The van der Waals surface area contributed by atoms with E-state index in [4.69, 9.17) is 15.6 Å². The number of carbonyl (C=O) groups excluding carboxylic acids is 1. The number of nitrogens with zero attached hydrogens (tertiary/aromatic N) is 6. The van der Waals surface area contributed by atoms with Crippen molar-refractivity contribution in [2.45, 2.75) is 56.9 Å². The first-order valence-corrected chi connectivity index (χ1v) is 16.5. The maximum atomic E-state index is 13.3. The lowest BCUT2D eigenvalue weighted by molar-refractivity contribution is 0.0272. The maximum absolute atomic E-state index is 13.3. The van der Waals surface area contributed by atoms with Gasteiger partial charge in [0.05, 0.1) is 54.9 Å². The highest BCUT2D eigenvalue weighted by Gasteiger charge is 2.30. The first kappa shape index (κ1) is 31.0. The van der Waals surface area contributed by atoms with Crippen LogP contribution in [-0.2, 0) is 18.4 Å². The number of pyridine rings is 1. The molecule has 2 atom stereocenters. The molecule has 0 radical (unpaired) electrons. The molecular weight excluding hydrogens is 592 g/mol. The van der Waals surface area contributed by atoms with Crippen LogP contribution in [0, 0.1) is 0 Å². The van der Waals surface area contributed by atoms with E-state index in [9.17, 15) is 9.90 Å². The highest BCUT2D eigenvalue weighted by Crippen LogP contribution is 2.30. The minimum atomic E-state index is -0.239. The van der Waals surface area contributed by atoms with Gasteiger partial charge in [0.2, 0.25) is 0 Å². The summed E-state index contributed by atoms with van der Waals surface area (Å²) in [5, 5.41) is 22.5. The monoisotopic (exact) mass is 634 g/mol. The first-order chi connectivity index (χ1) is 22.9. The molecule has 1 aliphatic carbocycles. The fraction of sp³-hybridized carbons (Fsp3) is 0.389. The zero-order chi connectivity index (χ0) is 32.3. The number of hydrogen-bond acceptors (Lipinski definition) is 8. The number of carbonyl (C=O) groups is 1. The van der Waals surface area contributed by atoms with Gasteiger partial charge in [0, 0.05) is 55.6 Å². The number of anilines is 1. The summed E-state index contributed by atoms with van der Waals surface area (Å²) >= 11 is 0. The van der Waals surface area contributed by atoms with Crippen LogP contribution < -0.4 is 11.1 Å². The Labute approximate surface area is 274 Å². The van der Waals surface area contributed by atoms with E-state index in [1.165, 1.54) is 0 Å². The van der Waals surface area contributed by atoms with E-state index in [1.807, 2.05) is 19.4 Å². The topological polar surface area (TPSA) is 136 Å². The smallest absolute Gasteiger partial charge is 0.255 e. The lowest BCUT2D eigenvalue weighted by Crippen LogP contribution is -2.41. The molecule has 2 fully saturated rings. The fourth-order valence-electron chi connectivity index (χ4n) is 6.97. The largest absolute Gasteiger partial charge is 0.395 e. The predicted molar refractivity (Wildman–Crippen MR) is 181 cm³/mol. The molecule has 5 aromatic rings. The van der Waals surface area contributed by atoms with Crippen LogP contribution in [0.5, 0.6) is 0 Å². The third-order valence-electron chi connectivity index (χ3n) is 9.64. The minimum absolute atomic E-state index is 0.0739. The average molecular weight is 635 g/mol. The van der Waals surface area contributed by atoms with E-state index < -0.39 is 0 Å². The van der Waals surface area contributed by atoms with Gasteiger partial charge < -0.3 is 25.8 Å². The van der Waals surface area contributed by atoms with Gasteiger partial charge in [-0.3, -0.25) is 14.2 Å². The number of hydrogen-bond donors (Lipinski definition) is 3. The molecule has 1 saturated heterocycles. The van der Waals surface area contributed by atoms with E-state index in [-0.39, 0.29) is 30.5 Å². The number of β-amino-alcohol motifs (C(OH)–C–C–N with tert-alkyl or cyclic N) is 1. The molecule has 11 nitrogen and oxygen atoms in total. The highest BCUT2D eigenvalue weighted by atomic mass is 16.5. The number of likely N-dealkylation sites (tertiary alicyclic amines) is 1. The van der Waals surface area contributed by atoms with Gasteiger partial charge in [0.15, 0.2) is 0 Å². The van der Waals surface area contributed by atoms with Crippen LogP contribution in [0.4, 0.5) is 5.82 Å². The molecule has 1 saturated carbocycles. The minimum Gasteiger partial charge on any atom is -0.395 e. The van der Waals surface area contributed by atoms with E-state index in [1.54, 1.807) is 23.1 Å². The molecule has 2 aliphatic rings. The van der Waals surface area contributed by atoms with Gasteiger partial charge in [0.1, 0.15) is 5.82 Å². The Morgan fingerprint density at radius 1 is 0.957 bits per heavy atom. The summed E-state index contributed by atoms with van der Waals surface area (Å²) in [5.74, 6) is -0.0363. The second kappa shape index (κ2) is 13.6. The molecule has 244 valence electrons. The van der Waals surface area contributed by atoms with E-state index >= 15 is 0 Å². The number of nitrogens with two attached hydrogens (primary N) is 1. The molecule has 1 aliphatic heterocycles. The summed E-state index contributed by atoms with van der Waals surface area (Å²) in [6.07, 6.45) is 12.0. The van der Waals surface area contributed by atoms with E-state index in [2.05, 4.69) is 67.4 Å². The molecule has 2 aromatic carbocycles. The maximum Gasteiger partial charge on any atom is 0.255 e. The van der Waals surface area contributed by atoms with Crippen LogP contribution in [0.1, 0.15) is 54.1 Å². The third kappa shape index (κ3) is 6.78. The number of fused-ring (bicyclic) bond motifs is 1. The van der Waals surface area contributed by atoms with Crippen molar-refractivity contribution in [1.82, 2.24) is 34.8 Å². The van der Waals surface area contributed by atoms with Gasteiger partial charge in [-0.1, -0.05) is 30.3 Å². The van der Waals surface area contributed by atoms with Crippen molar-refractivity contribution >= 4 is 22.6 Å². The van der Waals surface area contributed by atoms with Crippen LogP contribution in [0.2, 0.25) is 0 Å². The number of aryl methyl sites for hydroxylation is 1. The van der Waals surface area contributed by atoms with Gasteiger partial charge in [-0.25, -0.2) is 4.98 Å². The lowest BCUT2D eigenvalue weighted by Gasteiger charge is -2.31. The Bertz CT molecular complexity index is 1840. The molecule has 4 heterocycles. The number of aromatic nitrogens is 5. The summed E-state index contributed by atoms with van der Waals surface area (Å²) in [4.78, 5) is 19.9. The Kier molecular flexibility index (Phi) is 9.01. The van der Waals surface area contributed by atoms with Crippen LogP contribution >= 0.6 is 0 Å². The molecule has 4 N–H and O–H groups in total. The van der Waals surface area contributed by atoms with Crippen LogP contribution in [0.25, 0.3) is 33.2 Å². The number of piperidine rings is 1. The Hall–Kier alpha value is -4.58. The Morgan fingerprint density at radius 2 is 1.77 bits per heavy atom. The Morgan fingerprint density at radius 3 is 2.53 bits per heavy atom. The number of ether oxygens (including phenoxy) is 1. The molecule has 0 bridgehead atoms.